The third kappa shape index (κ3) is 11.4. The average Bonchev–Trinajstić information content (AvgIpc) is 3.54. The molecule has 208 valence electrons. The second-order valence-electron chi connectivity index (χ2n) is 7.41. The Balaban J connectivity index is 0.000000688. The van der Waals surface area contributed by atoms with Crippen LogP contribution in [0.15, 0.2) is 86.0 Å². The van der Waals surface area contributed by atoms with E-state index in [1.807, 2.05) is 45.8 Å². The summed E-state index contributed by atoms with van der Waals surface area (Å²) in [6, 6.07) is 9.72. The van der Waals surface area contributed by atoms with E-state index in [9.17, 15) is 9.59 Å². The molecule has 39 heavy (non-hydrogen) atoms. The number of hydrogen-bond donors (Lipinski definition) is 2. The summed E-state index contributed by atoms with van der Waals surface area (Å²) in [6.07, 6.45) is 18.3. The van der Waals surface area contributed by atoms with E-state index in [1.54, 1.807) is 49.3 Å². The first-order valence-corrected chi connectivity index (χ1v) is 11.4. The topological polar surface area (TPSA) is 142 Å². The Morgan fingerprint density at radius 2 is 1.13 bits per heavy atom. The molecule has 0 fully saturated rings. The first kappa shape index (κ1) is 35.4. The average molecular weight is 616 g/mol. The molecule has 0 aliphatic carbocycles. The lowest BCUT2D eigenvalue weighted by atomic mass is 10.1. The number of nitrogens with zero attached hydrogens (tertiary/aromatic N) is 4. The fourth-order valence-corrected chi connectivity index (χ4v) is 3.57. The van der Waals surface area contributed by atoms with Gasteiger partial charge in [0.15, 0.2) is 0 Å². The number of allylic oxidation sites excluding steroid dienone is 2. The van der Waals surface area contributed by atoms with Crippen LogP contribution >= 0.6 is 48.0 Å². The summed E-state index contributed by atoms with van der Waals surface area (Å²) in [7, 11) is 0. The van der Waals surface area contributed by atoms with E-state index < -0.39 is 11.9 Å². The molecule has 0 aliphatic rings. The van der Waals surface area contributed by atoms with Crippen LogP contribution in [0.4, 0.5) is 0 Å². The highest BCUT2D eigenvalue weighted by atomic mass is 35.5. The lowest BCUT2D eigenvalue weighted by Crippen LogP contribution is -1.97. The molecule has 0 unspecified atom stereocenters. The van der Waals surface area contributed by atoms with E-state index in [0.717, 1.165) is 11.1 Å². The summed E-state index contributed by atoms with van der Waals surface area (Å²) in [6.45, 7) is 1.41. The smallest absolute Gasteiger partial charge is 0.337 e. The molecule has 0 atom stereocenters. The van der Waals surface area contributed by atoms with Crippen LogP contribution in [0.3, 0.4) is 0 Å². The van der Waals surface area contributed by atoms with Gasteiger partial charge in [-0.1, -0.05) is 59.6 Å². The van der Waals surface area contributed by atoms with E-state index in [0.29, 0.717) is 13.1 Å². The maximum Gasteiger partial charge on any atom is 0.337 e. The van der Waals surface area contributed by atoms with Gasteiger partial charge in [-0.2, -0.15) is 0 Å². The molecule has 0 saturated carbocycles. The lowest BCUT2D eigenvalue weighted by Gasteiger charge is -2.00. The van der Waals surface area contributed by atoms with E-state index in [1.165, 1.54) is 12.1 Å². The molecule has 2 aromatic carbocycles. The van der Waals surface area contributed by atoms with Crippen LogP contribution in [0, 0.1) is 0 Å². The van der Waals surface area contributed by atoms with Gasteiger partial charge in [-0.05, 0) is 35.4 Å². The predicted octanol–water partition coefficient (Wildman–Crippen LogP) is 5.92. The van der Waals surface area contributed by atoms with Crippen molar-refractivity contribution in [3.63, 3.8) is 0 Å². The fourth-order valence-electron chi connectivity index (χ4n) is 3.03. The summed E-state index contributed by atoms with van der Waals surface area (Å²) in [5.74, 6) is -2.04. The van der Waals surface area contributed by atoms with Gasteiger partial charge < -0.3 is 24.8 Å². The highest BCUT2D eigenvalue weighted by Gasteiger charge is 2.08. The molecule has 4 N–H and O–H groups in total. The highest BCUT2D eigenvalue weighted by Crippen LogP contribution is 2.19. The Bertz CT molecular complexity index is 1270. The maximum absolute atomic E-state index is 10.8. The van der Waals surface area contributed by atoms with Gasteiger partial charge in [-0.25, -0.2) is 19.6 Å². The van der Waals surface area contributed by atoms with Gasteiger partial charge in [0.1, 0.15) is 0 Å². The number of imidazole rings is 2. The molecular weight excluding hydrogens is 590 g/mol. The molecule has 9 nitrogen and oxygen atoms in total. The summed E-state index contributed by atoms with van der Waals surface area (Å²) in [5, 5.41) is 18.2. The zero-order valence-corrected chi connectivity index (χ0v) is 23.4. The van der Waals surface area contributed by atoms with Crippen molar-refractivity contribution in [2.75, 3.05) is 0 Å². The van der Waals surface area contributed by atoms with Gasteiger partial charge in [0.25, 0.3) is 0 Å². The predicted molar refractivity (Wildman–Crippen MR) is 157 cm³/mol. The number of rotatable bonds is 8. The summed E-state index contributed by atoms with van der Waals surface area (Å²) in [5.41, 5.74) is 1.96. The quantitative estimate of drug-likeness (QED) is 0.252. The normalized spacial score (nSPS) is 10.1. The van der Waals surface area contributed by atoms with Crippen molar-refractivity contribution in [1.29, 1.82) is 0 Å². The summed E-state index contributed by atoms with van der Waals surface area (Å²) in [4.78, 5) is 29.5. The van der Waals surface area contributed by atoms with E-state index in [4.69, 9.17) is 33.4 Å². The van der Waals surface area contributed by atoms with Crippen molar-refractivity contribution in [3.05, 3.63) is 118 Å². The fraction of sp³-hybridized carbons (Fsp3) is 0.0769. The van der Waals surface area contributed by atoms with E-state index >= 15 is 0 Å². The number of aromatic carboxylic acids is 2. The zero-order chi connectivity index (χ0) is 25.9. The molecule has 0 spiro atoms. The van der Waals surface area contributed by atoms with Crippen molar-refractivity contribution in [3.8, 4) is 0 Å². The van der Waals surface area contributed by atoms with Crippen LogP contribution in [0.5, 0.6) is 0 Å². The number of benzene rings is 2. The van der Waals surface area contributed by atoms with Gasteiger partial charge in [0.2, 0.25) is 0 Å². The summed E-state index contributed by atoms with van der Waals surface area (Å²) < 4.78 is 3.84. The standard InChI is InChI=1S/2C13H11ClN2O2.2ClH.H2O/c2*14-12-8-10(3-4-11(12)13(17)18)2-1-6-16-7-5-15-9-16;;;/h2*1-5,7-9H,6H2,(H,17,18);2*1H;1H2. The van der Waals surface area contributed by atoms with Crippen LogP contribution in [0.2, 0.25) is 10.0 Å². The number of aromatic nitrogens is 4. The number of carboxylic acid groups (broad SMARTS) is 2. The van der Waals surface area contributed by atoms with Crippen LogP contribution in [-0.4, -0.2) is 46.7 Å². The van der Waals surface area contributed by atoms with Gasteiger partial charge >= 0.3 is 11.9 Å². The van der Waals surface area contributed by atoms with E-state index in [2.05, 4.69) is 9.97 Å². The lowest BCUT2D eigenvalue weighted by molar-refractivity contribution is 0.0686. The van der Waals surface area contributed by atoms with Crippen molar-refractivity contribution in [2.24, 2.45) is 0 Å². The molecule has 2 aromatic heterocycles. The van der Waals surface area contributed by atoms with Crippen LogP contribution < -0.4 is 0 Å². The van der Waals surface area contributed by atoms with Crippen LogP contribution in [0.25, 0.3) is 12.2 Å². The van der Waals surface area contributed by atoms with Crippen LogP contribution in [-0.2, 0) is 13.1 Å². The van der Waals surface area contributed by atoms with E-state index in [-0.39, 0.29) is 51.5 Å². The molecule has 0 bridgehead atoms. The Hall–Kier alpha value is -3.60. The third-order valence-electron chi connectivity index (χ3n) is 4.82. The minimum Gasteiger partial charge on any atom is -0.478 e. The van der Waals surface area contributed by atoms with Crippen molar-refractivity contribution in [2.45, 2.75) is 13.1 Å². The maximum atomic E-state index is 10.8. The van der Waals surface area contributed by atoms with Gasteiger partial charge in [-0.3, -0.25) is 0 Å². The van der Waals surface area contributed by atoms with Gasteiger partial charge in [0.05, 0.1) is 33.8 Å². The first-order valence-electron chi connectivity index (χ1n) is 10.6. The Kier molecular flexibility index (Phi) is 16.2. The molecule has 0 radical (unpaired) electrons. The first-order chi connectivity index (χ1) is 17.3. The van der Waals surface area contributed by atoms with Gasteiger partial charge in [0, 0.05) is 37.9 Å². The number of carboxylic acids is 2. The van der Waals surface area contributed by atoms with Gasteiger partial charge in [-0.15, -0.1) is 24.8 Å². The molecule has 0 amide bonds. The van der Waals surface area contributed by atoms with Crippen molar-refractivity contribution < 1.29 is 25.3 Å². The minimum absolute atomic E-state index is 0. The summed E-state index contributed by atoms with van der Waals surface area (Å²) >= 11 is 11.7. The second-order valence-corrected chi connectivity index (χ2v) is 8.23. The van der Waals surface area contributed by atoms with Crippen LogP contribution in [0.1, 0.15) is 31.8 Å². The Morgan fingerprint density at radius 1 is 0.744 bits per heavy atom. The number of halogens is 4. The van der Waals surface area contributed by atoms with Crippen molar-refractivity contribution in [1.82, 2.24) is 19.1 Å². The SMILES string of the molecule is Cl.Cl.O.O=C(O)c1ccc(C=CCn2ccnc2)cc1Cl.O=C(O)c1ccc(C=CCn2ccnc2)cc1Cl. The molecular formula is C26H26Cl4N4O5. The zero-order valence-electron chi connectivity index (χ0n) is 20.2. The van der Waals surface area contributed by atoms with Crippen molar-refractivity contribution >= 4 is 72.1 Å². The third-order valence-corrected chi connectivity index (χ3v) is 5.44. The highest BCUT2D eigenvalue weighted by molar-refractivity contribution is 6.34. The number of hydrogen-bond acceptors (Lipinski definition) is 4. The minimum atomic E-state index is -1.02. The Labute approximate surface area is 247 Å². The molecule has 0 aliphatic heterocycles. The molecule has 4 rings (SSSR count). The number of carbonyl (C=O) groups is 2. The largest absolute Gasteiger partial charge is 0.478 e. The molecule has 2 heterocycles. The molecule has 4 aromatic rings. The molecule has 0 saturated heterocycles. The monoisotopic (exact) mass is 614 g/mol. The second kappa shape index (κ2) is 17.8. The Morgan fingerprint density at radius 3 is 1.41 bits per heavy atom. The molecule has 13 heteroatoms.